The van der Waals surface area contributed by atoms with Gasteiger partial charge in [0.15, 0.2) is 0 Å². The van der Waals surface area contributed by atoms with Gasteiger partial charge in [-0.05, 0) is 229 Å². The first kappa shape index (κ1) is 93.9. The molecule has 6 aromatic carbocycles. The molecule has 6 fully saturated rings. The zero-order valence-corrected chi connectivity index (χ0v) is 79.2. The maximum atomic E-state index is 13.5. The molecule has 6 N–H and O–H groups in total. The van der Waals surface area contributed by atoms with Crippen LogP contribution in [0.2, 0.25) is 0 Å². The molecule has 0 bridgehead atoms. The Morgan fingerprint density at radius 1 is 0.431 bits per heavy atom. The smallest absolute Gasteiger partial charge is 0.268 e. The number of aromatic nitrogens is 12. The van der Waals surface area contributed by atoms with Gasteiger partial charge in [0.05, 0.1) is 48.1 Å². The molecule has 2 unspecified atom stereocenters. The summed E-state index contributed by atoms with van der Waals surface area (Å²) >= 11 is 0. The number of nitrogens with one attached hydrogen (secondary N) is 6. The van der Waals surface area contributed by atoms with E-state index in [0.717, 1.165) is 209 Å². The summed E-state index contributed by atoms with van der Waals surface area (Å²) in [4.78, 5) is 101. The Labute approximate surface area is 798 Å². The van der Waals surface area contributed by atoms with Crippen molar-refractivity contribution in [3.8, 4) is 48.0 Å². The Balaban J connectivity index is 0.000000127. The number of ether oxygens (including phenoxy) is 1. The third-order valence-electron chi connectivity index (χ3n) is 26.2. The molecule has 698 valence electrons. The summed E-state index contributed by atoms with van der Waals surface area (Å²) in [5.41, 5.74) is 16.5. The fraction of sp³-hybridized carbons (Fsp3) is 0.339. The zero-order valence-electron chi connectivity index (χ0n) is 79.2. The quantitative estimate of drug-likeness (QED) is 0.0344. The van der Waals surface area contributed by atoms with E-state index in [-0.39, 0.29) is 40.4 Å². The Bertz CT molecular complexity index is 6980. The van der Waals surface area contributed by atoms with Crippen molar-refractivity contribution in [2.24, 2.45) is 0 Å². The van der Waals surface area contributed by atoms with Crippen LogP contribution in [-0.2, 0) is 17.8 Å². The number of piperidine rings is 1. The molecule has 0 spiro atoms. The van der Waals surface area contributed by atoms with Crippen LogP contribution < -0.4 is 63.9 Å². The van der Waals surface area contributed by atoms with Gasteiger partial charge >= 0.3 is 0 Å². The summed E-state index contributed by atoms with van der Waals surface area (Å²) in [6.45, 7) is 21.3. The van der Waals surface area contributed by atoms with E-state index >= 15 is 0 Å². The third-order valence-corrected chi connectivity index (χ3v) is 26.2. The number of hydrogen-bond donors (Lipinski definition) is 6. The predicted molar refractivity (Wildman–Crippen MR) is 549 cm³/mol. The van der Waals surface area contributed by atoms with Crippen molar-refractivity contribution in [1.82, 2.24) is 83.5 Å². The molecule has 6 aliphatic rings. The molecule has 4 saturated heterocycles. The number of piperazine rings is 2. The maximum absolute atomic E-state index is 13.5. The summed E-state index contributed by atoms with van der Waals surface area (Å²) < 4.78 is 12.8. The molecular weight excluding hydrogens is 1710 g/mol. The third kappa shape index (κ3) is 22.9. The lowest BCUT2D eigenvalue weighted by atomic mass is 9.92. The van der Waals surface area contributed by atoms with Crippen LogP contribution in [0.25, 0.3) is 44.1 Å². The fourth-order valence-corrected chi connectivity index (χ4v) is 18.5. The van der Waals surface area contributed by atoms with E-state index in [2.05, 4.69) is 188 Å². The molecule has 2 aliphatic carbocycles. The van der Waals surface area contributed by atoms with Gasteiger partial charge in [0, 0.05) is 185 Å². The second-order valence-corrected chi connectivity index (χ2v) is 36.0. The number of rotatable bonds is 18. The van der Waals surface area contributed by atoms with Gasteiger partial charge in [0.25, 0.3) is 22.2 Å². The van der Waals surface area contributed by atoms with Crippen molar-refractivity contribution in [1.29, 1.82) is 0 Å². The van der Waals surface area contributed by atoms with Crippen LogP contribution in [0.5, 0.6) is 0 Å². The summed E-state index contributed by atoms with van der Waals surface area (Å²) in [6.07, 6.45) is 23.7. The molecule has 2 saturated carbocycles. The minimum atomic E-state index is -0.232. The van der Waals surface area contributed by atoms with Gasteiger partial charge < -0.3 is 61.1 Å². The average Bonchev–Trinajstić information content (AvgIpc) is 1.76. The van der Waals surface area contributed by atoms with E-state index in [1.54, 1.807) is 70.9 Å². The van der Waals surface area contributed by atoms with Gasteiger partial charge in [-0.25, -0.2) is 19.9 Å². The van der Waals surface area contributed by atoms with E-state index in [1.165, 1.54) is 29.8 Å². The minimum Gasteiger partial charge on any atom is -0.371 e. The molecule has 4 aliphatic heterocycles. The molecule has 20 rings (SSSR count). The van der Waals surface area contributed by atoms with E-state index in [0.29, 0.717) is 87.6 Å². The van der Waals surface area contributed by atoms with Gasteiger partial charge in [0.2, 0.25) is 23.8 Å². The largest absolute Gasteiger partial charge is 0.371 e. The van der Waals surface area contributed by atoms with E-state index < -0.39 is 0 Å². The van der Waals surface area contributed by atoms with Gasteiger partial charge in [-0.2, -0.15) is 19.9 Å². The normalized spacial score (nSPS) is 16.3. The lowest BCUT2D eigenvalue weighted by Gasteiger charge is -2.34. The van der Waals surface area contributed by atoms with Crippen molar-refractivity contribution in [2.45, 2.75) is 129 Å². The fourth-order valence-electron chi connectivity index (χ4n) is 18.5. The molecule has 28 heteroatoms. The molecule has 28 nitrogen and oxygen atoms in total. The maximum Gasteiger partial charge on any atom is 0.268 e. The molecular formula is C109H117N23O5. The number of terminal acetylenes is 1. The topological polar surface area (TPSA) is 289 Å². The average molecular weight is 1830 g/mol. The number of benzene rings is 6. The predicted octanol–water partition coefficient (Wildman–Crippen LogP) is 15.3. The lowest BCUT2D eigenvalue weighted by Crippen LogP contribution is -2.44. The zero-order chi connectivity index (χ0) is 94.8. The number of morpholine rings is 1. The number of nitrogens with zero attached hydrogens (tertiary/aromatic N) is 17. The second-order valence-electron chi connectivity index (χ2n) is 36.0. The summed E-state index contributed by atoms with van der Waals surface area (Å²) in [5, 5.41) is 23.2. The minimum absolute atomic E-state index is 0.0474. The number of anilines is 10. The van der Waals surface area contributed by atoms with Crippen LogP contribution in [0.3, 0.4) is 0 Å². The summed E-state index contributed by atoms with van der Waals surface area (Å²) in [6, 6.07) is 59.7. The van der Waals surface area contributed by atoms with Gasteiger partial charge in [-0.1, -0.05) is 116 Å². The highest BCUT2D eigenvalue weighted by Gasteiger charge is 2.28. The van der Waals surface area contributed by atoms with Crippen molar-refractivity contribution < 1.29 is 4.74 Å². The summed E-state index contributed by atoms with van der Waals surface area (Å²) in [5.74, 6) is 19.5. The molecule has 2 atom stereocenters. The first-order valence-corrected chi connectivity index (χ1v) is 47.5. The highest BCUT2D eigenvalue weighted by molar-refractivity contribution is 5.82. The molecule has 8 aromatic heterocycles. The molecule has 12 heterocycles. The lowest BCUT2D eigenvalue weighted by molar-refractivity contribution is 0.0277. The van der Waals surface area contributed by atoms with E-state index in [1.807, 2.05) is 128 Å². The number of likely N-dealkylation sites (N-methyl/N-ethyl adjacent to an activating group) is 2. The Kier molecular flexibility index (Phi) is 30.2. The van der Waals surface area contributed by atoms with Gasteiger partial charge in [-0.3, -0.25) is 37.4 Å². The first-order chi connectivity index (χ1) is 66.8. The van der Waals surface area contributed by atoms with E-state index in [9.17, 15) is 19.2 Å². The van der Waals surface area contributed by atoms with Gasteiger partial charge in [-0.15, -0.1) is 18.3 Å². The van der Waals surface area contributed by atoms with E-state index in [4.69, 9.17) is 31.1 Å². The Hall–Kier alpha value is -14.9. The number of pyridine rings is 4. The standard InChI is InChI=1S/C30H33N7O.C28H28N6O.C26H29N5O.C25H27N5O2/c1-22-7-5-6-8-24(22)21-37-28-25(19-23(29(37)38)13-14-34(2)3)20-31-30(33-28)32-26-9-11-27(12-10-26)36-17-15-35(4)16-18-36;1-4-21-17-23-18-29-28(30-24-9-11-25(12-10-24)33-15-13-32(3)14-16-33)31-26(23)34(27(21)35)19-22-8-6-5-7-20(22)2;1-2-6-19-15-21-17-28-26(30-24(21)31(25(19)32)23-8-3-4-9-23)29-22-12-10-18(11-13-22)20-7-5-14-27-16-20;1-2-5-18-14-19-15-27-25(29-23(19)30(24(18)31)21-6-3-4-7-21)28-20-10-8-17(9-11-20)22-16-26-12-13-32-22/h5-12,19-20H,15-18,21H2,1-4H3,(H,31,32,33);1,5-12,17-18H,13-16,19H2,2-3H3,(H,29,30,31);10-13,15,17,20,23,27H,3-5,7-9,14,16H2,1H3,(H,28,29,30);8-11,14-15,21-22,26H,3-4,6-7,12-13,16H2,1H3,(H,27,28,29). The summed E-state index contributed by atoms with van der Waals surface area (Å²) in [7, 11) is 8.01. The SMILES string of the molecule is C#Cc1cc2cnc(Nc3ccc(N4CCN(C)CC4)cc3)nc2n(Cc2ccccc2C)c1=O.CC#Cc1cc2cnc(Nc3ccc(C4CCCNC4)cc3)nc2n(C2CCCC2)c1=O.CC#Cc1cc2cnc(Nc3ccc(C4CNCCO4)cc3)nc2n(C2CCCC2)c1=O.Cc1ccccc1Cn1c(=O)c(C#CN(C)C)cc2cnc(Nc3ccc(N4CCN(C)CC4)cc3)nc21. The molecule has 137 heavy (non-hydrogen) atoms. The highest BCUT2D eigenvalue weighted by atomic mass is 16.5. The van der Waals surface area contributed by atoms with Crippen molar-refractivity contribution in [3.63, 3.8) is 0 Å². The van der Waals surface area contributed by atoms with Crippen LogP contribution in [0.15, 0.2) is 214 Å². The highest BCUT2D eigenvalue weighted by Crippen LogP contribution is 2.35. The van der Waals surface area contributed by atoms with Crippen molar-refractivity contribution in [2.75, 3.05) is 144 Å². The van der Waals surface area contributed by atoms with Crippen LogP contribution in [0, 0.1) is 61.8 Å². The van der Waals surface area contributed by atoms with Gasteiger partial charge in [0.1, 0.15) is 22.6 Å². The Morgan fingerprint density at radius 2 is 0.810 bits per heavy atom. The van der Waals surface area contributed by atoms with Crippen LogP contribution in [0.1, 0.15) is 158 Å². The molecule has 14 aromatic rings. The number of aryl methyl sites for hydroxylation is 2. The number of hydrogen-bond acceptors (Lipinski definition) is 24. The Morgan fingerprint density at radius 3 is 1.20 bits per heavy atom. The van der Waals surface area contributed by atoms with Crippen molar-refractivity contribution >= 4 is 102 Å². The monoisotopic (exact) mass is 1830 g/mol. The van der Waals surface area contributed by atoms with Crippen LogP contribution >= 0.6 is 0 Å². The van der Waals surface area contributed by atoms with Crippen LogP contribution in [0.4, 0.5) is 57.9 Å². The molecule has 0 radical (unpaired) electrons. The van der Waals surface area contributed by atoms with Crippen LogP contribution in [-0.4, -0.2) is 186 Å². The second kappa shape index (κ2) is 44.1. The molecule has 0 amide bonds. The first-order valence-electron chi connectivity index (χ1n) is 47.5. The van der Waals surface area contributed by atoms with Crippen molar-refractivity contribution in [3.05, 3.63) is 292 Å². The number of fused-ring (bicyclic) bond motifs is 4.